The molecule has 0 atom stereocenters. The topological polar surface area (TPSA) is 115 Å². The van der Waals surface area contributed by atoms with Crippen LogP contribution in [-0.2, 0) is 10.0 Å². The first kappa shape index (κ1) is 22.5. The molecule has 1 saturated heterocycles. The summed E-state index contributed by atoms with van der Waals surface area (Å²) in [6, 6.07) is 5.72. The van der Waals surface area contributed by atoms with E-state index in [1.54, 1.807) is 13.8 Å². The van der Waals surface area contributed by atoms with E-state index in [2.05, 4.69) is 42.8 Å². The number of nitrogens with one attached hydrogen (secondary N) is 2. The zero-order valence-electron chi connectivity index (χ0n) is 18.2. The van der Waals surface area contributed by atoms with Gasteiger partial charge in [0.15, 0.2) is 0 Å². The van der Waals surface area contributed by atoms with E-state index in [0.717, 1.165) is 4.68 Å². The summed E-state index contributed by atoms with van der Waals surface area (Å²) in [6.45, 7) is 11.8. The van der Waals surface area contributed by atoms with Crippen LogP contribution in [0, 0.1) is 0 Å². The maximum atomic E-state index is 12.9. The SMILES string of the molecule is CC(C)Oc1nn(-c2ccc(S(=O)(=O)NC3CC(C)(C)NC(C)(C)C3)cc2)c(=O)o1. The molecule has 2 aromatic rings. The van der Waals surface area contributed by atoms with E-state index in [0.29, 0.717) is 18.5 Å². The van der Waals surface area contributed by atoms with Gasteiger partial charge in [-0.15, -0.1) is 0 Å². The molecule has 0 amide bonds. The molecule has 30 heavy (non-hydrogen) atoms. The van der Waals surface area contributed by atoms with E-state index in [1.165, 1.54) is 24.3 Å². The largest absolute Gasteiger partial charge is 0.446 e. The van der Waals surface area contributed by atoms with Crippen molar-refractivity contribution in [2.24, 2.45) is 0 Å². The molecule has 1 aromatic heterocycles. The summed E-state index contributed by atoms with van der Waals surface area (Å²) in [5.41, 5.74) is 0.0242. The zero-order chi connectivity index (χ0) is 22.3. The summed E-state index contributed by atoms with van der Waals surface area (Å²) < 4.78 is 39.9. The Hall–Kier alpha value is -2.17. The van der Waals surface area contributed by atoms with Crippen LogP contribution in [0.4, 0.5) is 0 Å². The lowest BCUT2D eigenvalue weighted by Gasteiger charge is -2.46. The molecule has 166 valence electrons. The van der Waals surface area contributed by atoms with Crippen molar-refractivity contribution in [3.63, 3.8) is 0 Å². The molecular weight excluding hydrogens is 408 g/mol. The van der Waals surface area contributed by atoms with Gasteiger partial charge in [-0.25, -0.2) is 17.9 Å². The van der Waals surface area contributed by atoms with Crippen LogP contribution in [0.15, 0.2) is 38.4 Å². The number of ether oxygens (including phenoxy) is 1. The molecule has 2 N–H and O–H groups in total. The average molecular weight is 439 g/mol. The molecule has 10 heteroatoms. The van der Waals surface area contributed by atoms with Gasteiger partial charge in [-0.3, -0.25) is 0 Å². The lowest BCUT2D eigenvalue weighted by atomic mass is 9.80. The Morgan fingerprint density at radius 2 is 1.73 bits per heavy atom. The smallest absolute Gasteiger partial charge is 0.444 e. The van der Waals surface area contributed by atoms with Gasteiger partial charge in [0, 0.05) is 17.1 Å². The Bertz CT molecular complexity index is 1040. The van der Waals surface area contributed by atoms with Crippen molar-refractivity contribution < 1.29 is 17.6 Å². The molecule has 9 nitrogen and oxygen atoms in total. The van der Waals surface area contributed by atoms with Gasteiger partial charge in [-0.2, -0.15) is 4.68 Å². The Balaban J connectivity index is 1.79. The van der Waals surface area contributed by atoms with Crippen LogP contribution in [0.25, 0.3) is 5.69 Å². The highest BCUT2D eigenvalue weighted by atomic mass is 32.2. The maximum absolute atomic E-state index is 12.9. The number of piperidine rings is 1. The van der Waals surface area contributed by atoms with E-state index in [1.807, 2.05) is 0 Å². The third kappa shape index (κ3) is 5.30. The Kier molecular flexibility index (Phi) is 5.87. The zero-order valence-corrected chi connectivity index (χ0v) is 19.0. The first-order chi connectivity index (χ1) is 13.8. The monoisotopic (exact) mass is 438 g/mol. The van der Waals surface area contributed by atoms with Gasteiger partial charge < -0.3 is 14.5 Å². The lowest BCUT2D eigenvalue weighted by Crippen LogP contribution is -2.62. The number of benzene rings is 1. The van der Waals surface area contributed by atoms with Crippen LogP contribution in [0.3, 0.4) is 0 Å². The minimum Gasteiger partial charge on any atom is -0.446 e. The second-order valence-corrected chi connectivity index (χ2v) is 11.0. The van der Waals surface area contributed by atoms with Gasteiger partial charge in [-0.1, -0.05) is 5.10 Å². The van der Waals surface area contributed by atoms with Crippen LogP contribution in [0.1, 0.15) is 54.4 Å². The molecule has 0 saturated carbocycles. The van der Waals surface area contributed by atoms with Crippen molar-refractivity contribution in [2.75, 3.05) is 0 Å². The highest BCUT2D eigenvalue weighted by molar-refractivity contribution is 7.89. The highest BCUT2D eigenvalue weighted by Crippen LogP contribution is 2.29. The number of hydrogen-bond donors (Lipinski definition) is 2. The Morgan fingerprint density at radius 1 is 1.17 bits per heavy atom. The van der Waals surface area contributed by atoms with E-state index in [4.69, 9.17) is 9.15 Å². The quantitative estimate of drug-likeness (QED) is 0.710. The van der Waals surface area contributed by atoms with Crippen molar-refractivity contribution >= 4 is 10.0 Å². The summed E-state index contributed by atoms with van der Waals surface area (Å²) in [5, 5.41) is 7.52. The van der Waals surface area contributed by atoms with Crippen molar-refractivity contribution in [1.82, 2.24) is 19.8 Å². The van der Waals surface area contributed by atoms with Gasteiger partial charge in [0.25, 0.3) is 0 Å². The third-order valence-electron chi connectivity index (χ3n) is 4.77. The third-order valence-corrected chi connectivity index (χ3v) is 6.31. The van der Waals surface area contributed by atoms with Gasteiger partial charge in [0.1, 0.15) is 0 Å². The van der Waals surface area contributed by atoms with Crippen molar-refractivity contribution in [3.8, 4) is 11.8 Å². The second-order valence-electron chi connectivity index (χ2n) is 9.33. The molecule has 0 spiro atoms. The first-order valence-electron chi connectivity index (χ1n) is 9.95. The molecule has 0 bridgehead atoms. The van der Waals surface area contributed by atoms with E-state index >= 15 is 0 Å². The normalized spacial score (nSPS) is 19.2. The molecule has 1 aliphatic rings. The molecule has 0 radical (unpaired) electrons. The summed E-state index contributed by atoms with van der Waals surface area (Å²) >= 11 is 0. The average Bonchev–Trinajstić information content (AvgIpc) is 2.91. The summed E-state index contributed by atoms with van der Waals surface area (Å²) in [5.74, 6) is -0.710. The molecular formula is C20H30N4O5S. The minimum absolute atomic E-state index is 0.121. The Morgan fingerprint density at radius 3 is 2.27 bits per heavy atom. The van der Waals surface area contributed by atoms with Crippen molar-refractivity contribution in [2.45, 2.75) is 82.5 Å². The molecule has 2 heterocycles. The highest BCUT2D eigenvalue weighted by Gasteiger charge is 2.39. The minimum atomic E-state index is -3.71. The molecule has 1 aliphatic heterocycles. The lowest BCUT2D eigenvalue weighted by molar-refractivity contribution is 0.157. The summed E-state index contributed by atoms with van der Waals surface area (Å²) in [6.07, 6.45) is 1.03. The van der Waals surface area contributed by atoms with Crippen LogP contribution in [0.5, 0.6) is 6.08 Å². The fourth-order valence-electron chi connectivity index (χ4n) is 4.13. The van der Waals surface area contributed by atoms with Crippen LogP contribution < -0.4 is 20.5 Å². The van der Waals surface area contributed by atoms with Gasteiger partial charge in [0.05, 0.1) is 16.7 Å². The fraction of sp³-hybridized carbons (Fsp3) is 0.600. The number of sulfonamides is 1. The van der Waals surface area contributed by atoms with E-state index in [9.17, 15) is 13.2 Å². The summed E-state index contributed by atoms with van der Waals surface area (Å²) in [4.78, 5) is 12.1. The van der Waals surface area contributed by atoms with Gasteiger partial charge in [-0.05, 0) is 78.6 Å². The fourth-order valence-corrected chi connectivity index (χ4v) is 5.37. The predicted octanol–water partition coefficient (Wildman–Crippen LogP) is 2.20. The molecule has 1 fully saturated rings. The molecule has 0 aliphatic carbocycles. The number of aromatic nitrogens is 2. The maximum Gasteiger partial charge on any atom is 0.444 e. The number of nitrogens with zero attached hydrogens (tertiary/aromatic N) is 2. The second kappa shape index (κ2) is 7.82. The van der Waals surface area contributed by atoms with Crippen LogP contribution in [0.2, 0.25) is 0 Å². The van der Waals surface area contributed by atoms with Crippen LogP contribution >= 0.6 is 0 Å². The number of rotatable bonds is 6. The Labute approximate surface area is 176 Å². The summed E-state index contributed by atoms with van der Waals surface area (Å²) in [7, 11) is -3.71. The molecule has 0 unspecified atom stereocenters. The van der Waals surface area contributed by atoms with E-state index < -0.39 is 15.8 Å². The standard InChI is InChI=1S/C20H30N4O5S/c1-13(2)28-17-21-24(18(25)29-17)15-7-9-16(10-8-15)30(26,27)22-14-11-19(3,4)23-20(5,6)12-14/h7-10,13-14,22-23H,11-12H2,1-6H3. The van der Waals surface area contributed by atoms with Crippen molar-refractivity contribution in [1.29, 1.82) is 0 Å². The molecule has 3 rings (SSSR count). The molecule has 1 aromatic carbocycles. The van der Waals surface area contributed by atoms with Gasteiger partial charge >= 0.3 is 11.8 Å². The van der Waals surface area contributed by atoms with Crippen molar-refractivity contribution in [3.05, 3.63) is 34.8 Å². The predicted molar refractivity (Wildman–Crippen MR) is 113 cm³/mol. The van der Waals surface area contributed by atoms with Crippen LogP contribution in [-0.4, -0.2) is 41.4 Å². The number of hydrogen-bond acceptors (Lipinski definition) is 7. The van der Waals surface area contributed by atoms with E-state index in [-0.39, 0.29) is 34.2 Å². The van der Waals surface area contributed by atoms with Gasteiger partial charge in [0.2, 0.25) is 10.0 Å². The first-order valence-corrected chi connectivity index (χ1v) is 11.4.